The minimum atomic E-state index is -0.303. The standard InChI is InChI=1S/C22H17FN4O/c23-17-3-1-2-13-4-7-19(20(13)17)27-22(28)14-5-6-18(26-12-14)15-8-10-24-21-16(15)9-11-25-21/h1-3,5-6,8-12,19H,4,7H2,(H,24,25)(H,27,28)/t19-/m0/s1. The summed E-state index contributed by atoms with van der Waals surface area (Å²) in [5, 5.41) is 3.92. The first-order valence-electron chi connectivity index (χ1n) is 9.17. The number of aryl methyl sites for hydroxylation is 1. The molecule has 5 nitrogen and oxygen atoms in total. The Labute approximate surface area is 160 Å². The largest absolute Gasteiger partial charge is 0.346 e. The summed E-state index contributed by atoms with van der Waals surface area (Å²) < 4.78 is 14.2. The molecule has 5 rings (SSSR count). The lowest BCUT2D eigenvalue weighted by Gasteiger charge is -2.15. The molecule has 0 unspecified atom stereocenters. The van der Waals surface area contributed by atoms with Crippen LogP contribution in [0.5, 0.6) is 0 Å². The van der Waals surface area contributed by atoms with Gasteiger partial charge in [0.1, 0.15) is 11.5 Å². The van der Waals surface area contributed by atoms with E-state index in [1.807, 2.05) is 30.5 Å². The van der Waals surface area contributed by atoms with E-state index in [-0.39, 0.29) is 17.8 Å². The molecule has 3 heterocycles. The summed E-state index contributed by atoms with van der Waals surface area (Å²) in [6.45, 7) is 0. The van der Waals surface area contributed by atoms with Gasteiger partial charge in [0.05, 0.1) is 17.3 Å². The van der Waals surface area contributed by atoms with E-state index in [1.165, 1.54) is 6.07 Å². The number of nitrogens with zero attached hydrogens (tertiary/aromatic N) is 2. The topological polar surface area (TPSA) is 70.7 Å². The highest BCUT2D eigenvalue weighted by molar-refractivity contribution is 5.95. The van der Waals surface area contributed by atoms with Crippen LogP contribution >= 0.6 is 0 Å². The molecule has 0 saturated heterocycles. The average molecular weight is 372 g/mol. The number of hydrogen-bond acceptors (Lipinski definition) is 3. The van der Waals surface area contributed by atoms with Crippen LogP contribution in [0.1, 0.15) is 33.9 Å². The first-order valence-corrected chi connectivity index (χ1v) is 9.17. The predicted octanol–water partition coefficient (Wildman–Crippen LogP) is 4.18. The van der Waals surface area contributed by atoms with Gasteiger partial charge in [-0.1, -0.05) is 12.1 Å². The number of pyridine rings is 2. The Hall–Kier alpha value is -3.54. The van der Waals surface area contributed by atoms with Crippen LogP contribution < -0.4 is 5.32 Å². The Morgan fingerprint density at radius 1 is 1.14 bits per heavy atom. The van der Waals surface area contributed by atoms with Crippen molar-refractivity contribution in [3.63, 3.8) is 0 Å². The van der Waals surface area contributed by atoms with Crippen molar-refractivity contribution in [2.24, 2.45) is 0 Å². The van der Waals surface area contributed by atoms with Crippen molar-refractivity contribution in [1.82, 2.24) is 20.3 Å². The van der Waals surface area contributed by atoms with E-state index in [2.05, 4.69) is 20.3 Å². The van der Waals surface area contributed by atoms with Crippen molar-refractivity contribution in [2.45, 2.75) is 18.9 Å². The van der Waals surface area contributed by atoms with Crippen LogP contribution in [0.2, 0.25) is 0 Å². The predicted molar refractivity (Wildman–Crippen MR) is 104 cm³/mol. The molecule has 1 aliphatic rings. The highest BCUT2D eigenvalue weighted by atomic mass is 19.1. The smallest absolute Gasteiger partial charge is 0.253 e. The van der Waals surface area contributed by atoms with Crippen molar-refractivity contribution >= 4 is 16.9 Å². The molecule has 1 aromatic carbocycles. The van der Waals surface area contributed by atoms with Crippen LogP contribution in [0.4, 0.5) is 4.39 Å². The Bertz CT molecular complexity index is 1180. The van der Waals surface area contributed by atoms with Gasteiger partial charge in [-0.2, -0.15) is 0 Å². The first-order chi connectivity index (χ1) is 13.7. The van der Waals surface area contributed by atoms with Crippen molar-refractivity contribution < 1.29 is 9.18 Å². The lowest BCUT2D eigenvalue weighted by atomic mass is 10.1. The number of fused-ring (bicyclic) bond motifs is 2. The van der Waals surface area contributed by atoms with Gasteiger partial charge in [0.25, 0.3) is 5.91 Å². The van der Waals surface area contributed by atoms with Gasteiger partial charge < -0.3 is 10.3 Å². The summed E-state index contributed by atoms with van der Waals surface area (Å²) in [6, 6.07) is 12.2. The minimum Gasteiger partial charge on any atom is -0.346 e. The summed E-state index contributed by atoms with van der Waals surface area (Å²) >= 11 is 0. The van der Waals surface area contributed by atoms with E-state index >= 15 is 0 Å². The molecule has 6 heteroatoms. The van der Waals surface area contributed by atoms with Crippen LogP contribution in [0.15, 0.2) is 61.1 Å². The van der Waals surface area contributed by atoms with Gasteiger partial charge in [-0.3, -0.25) is 9.78 Å². The molecular formula is C22H17FN4O. The number of halogens is 1. The molecule has 0 spiro atoms. The van der Waals surface area contributed by atoms with Gasteiger partial charge in [-0.05, 0) is 48.7 Å². The van der Waals surface area contributed by atoms with Gasteiger partial charge in [0.15, 0.2) is 0 Å². The highest BCUT2D eigenvalue weighted by Crippen LogP contribution is 2.33. The van der Waals surface area contributed by atoms with Gasteiger partial charge in [-0.25, -0.2) is 9.37 Å². The molecule has 0 bridgehead atoms. The fourth-order valence-electron chi connectivity index (χ4n) is 3.89. The van der Waals surface area contributed by atoms with Crippen molar-refractivity contribution in [1.29, 1.82) is 0 Å². The maximum atomic E-state index is 14.2. The molecule has 1 atom stereocenters. The molecule has 3 aromatic heterocycles. The van der Waals surface area contributed by atoms with Crippen LogP contribution in [-0.2, 0) is 6.42 Å². The fraction of sp³-hybridized carbons (Fsp3) is 0.136. The van der Waals surface area contributed by atoms with Crippen molar-refractivity contribution in [3.05, 3.63) is 83.6 Å². The number of carbonyl (C=O) groups excluding carboxylic acids is 1. The van der Waals surface area contributed by atoms with Gasteiger partial charge >= 0.3 is 0 Å². The zero-order valence-electron chi connectivity index (χ0n) is 14.9. The van der Waals surface area contributed by atoms with Gasteiger partial charge in [-0.15, -0.1) is 0 Å². The summed E-state index contributed by atoms with van der Waals surface area (Å²) in [4.78, 5) is 24.5. The van der Waals surface area contributed by atoms with E-state index in [4.69, 9.17) is 0 Å². The number of benzene rings is 1. The molecule has 2 N–H and O–H groups in total. The van der Waals surface area contributed by atoms with Crippen LogP contribution in [-0.4, -0.2) is 20.9 Å². The average Bonchev–Trinajstić information content (AvgIpc) is 3.36. The summed E-state index contributed by atoms with van der Waals surface area (Å²) in [5.41, 5.74) is 4.53. The number of amides is 1. The van der Waals surface area contributed by atoms with E-state index in [9.17, 15) is 9.18 Å². The monoisotopic (exact) mass is 372 g/mol. The normalized spacial score (nSPS) is 15.5. The molecule has 0 aliphatic heterocycles. The highest BCUT2D eigenvalue weighted by Gasteiger charge is 2.27. The molecule has 138 valence electrons. The van der Waals surface area contributed by atoms with Crippen LogP contribution in [0.25, 0.3) is 22.3 Å². The fourth-order valence-corrected chi connectivity index (χ4v) is 3.89. The molecule has 1 aliphatic carbocycles. The van der Waals surface area contributed by atoms with E-state index in [1.54, 1.807) is 24.5 Å². The Morgan fingerprint density at radius 2 is 2.07 bits per heavy atom. The lowest BCUT2D eigenvalue weighted by Crippen LogP contribution is -2.27. The molecule has 0 fully saturated rings. The maximum absolute atomic E-state index is 14.2. The second kappa shape index (κ2) is 6.56. The summed E-state index contributed by atoms with van der Waals surface area (Å²) in [6.07, 6.45) is 6.59. The number of hydrogen-bond donors (Lipinski definition) is 2. The molecule has 0 radical (unpaired) electrons. The number of aromatic amines is 1. The molecule has 28 heavy (non-hydrogen) atoms. The van der Waals surface area contributed by atoms with E-state index < -0.39 is 0 Å². The Morgan fingerprint density at radius 3 is 2.93 bits per heavy atom. The first kappa shape index (κ1) is 16.6. The third-order valence-electron chi connectivity index (χ3n) is 5.26. The third-order valence-corrected chi connectivity index (χ3v) is 5.26. The lowest BCUT2D eigenvalue weighted by molar-refractivity contribution is 0.0936. The number of nitrogens with one attached hydrogen (secondary N) is 2. The molecule has 4 aromatic rings. The summed E-state index contributed by atoms with van der Waals surface area (Å²) in [7, 11) is 0. The van der Waals surface area contributed by atoms with Crippen molar-refractivity contribution in [3.8, 4) is 11.3 Å². The SMILES string of the molecule is O=C(N[C@H]1CCc2cccc(F)c21)c1ccc(-c2ccnc3[nH]ccc23)nc1. The Kier molecular flexibility index (Phi) is 3.90. The van der Waals surface area contributed by atoms with Gasteiger partial charge in [0.2, 0.25) is 0 Å². The zero-order chi connectivity index (χ0) is 19.1. The third kappa shape index (κ3) is 2.74. The molecular weight excluding hydrogens is 355 g/mol. The second-order valence-electron chi connectivity index (χ2n) is 6.91. The zero-order valence-corrected chi connectivity index (χ0v) is 14.9. The summed E-state index contributed by atoms with van der Waals surface area (Å²) in [5.74, 6) is -0.511. The van der Waals surface area contributed by atoms with Gasteiger partial charge in [0, 0.05) is 35.1 Å². The van der Waals surface area contributed by atoms with Crippen LogP contribution in [0.3, 0.4) is 0 Å². The number of carbonyl (C=O) groups is 1. The minimum absolute atomic E-state index is 0.248. The quantitative estimate of drug-likeness (QED) is 0.567. The number of H-pyrrole nitrogens is 1. The molecule has 1 amide bonds. The maximum Gasteiger partial charge on any atom is 0.253 e. The Balaban J connectivity index is 1.38. The van der Waals surface area contributed by atoms with Crippen LogP contribution in [0, 0.1) is 5.82 Å². The number of aromatic nitrogens is 3. The second-order valence-corrected chi connectivity index (χ2v) is 6.91. The molecule has 0 saturated carbocycles. The number of rotatable bonds is 3. The van der Waals surface area contributed by atoms with Crippen molar-refractivity contribution in [2.75, 3.05) is 0 Å². The van der Waals surface area contributed by atoms with E-state index in [0.717, 1.165) is 34.3 Å². The van der Waals surface area contributed by atoms with E-state index in [0.29, 0.717) is 17.5 Å².